The number of hydrogen-bond donors (Lipinski definition) is 1. The van der Waals surface area contributed by atoms with E-state index in [4.69, 9.17) is 4.74 Å². The summed E-state index contributed by atoms with van der Waals surface area (Å²) in [6, 6.07) is 14.3. The number of para-hydroxylation sites is 1. The number of nitrogens with one attached hydrogen (secondary N) is 1. The first-order valence-electron chi connectivity index (χ1n) is 6.65. The number of Topliss-reactive ketones (excluding diaryl/α,β-unsaturated/α-hetero) is 1. The maximum absolute atomic E-state index is 11.8. The van der Waals surface area contributed by atoms with E-state index >= 15 is 0 Å². The summed E-state index contributed by atoms with van der Waals surface area (Å²) < 4.78 is 5.47. The van der Waals surface area contributed by atoms with Gasteiger partial charge in [-0.25, -0.2) is 0 Å². The van der Waals surface area contributed by atoms with Gasteiger partial charge in [0, 0.05) is 11.3 Å². The van der Waals surface area contributed by atoms with Gasteiger partial charge >= 0.3 is 0 Å². The summed E-state index contributed by atoms with van der Waals surface area (Å²) in [6.45, 7) is 3.37. The average molecular weight is 283 g/mol. The number of anilines is 1. The molecular formula is C17H17NO3. The molecule has 0 aliphatic rings. The standard InChI is InChI=1S/C17H17NO3/c1-12-5-3-4-6-16(12)21-11-17(20)18-15-9-7-14(8-10-15)13(2)19/h3-10H,11H2,1-2H3,(H,18,20). The number of benzene rings is 2. The van der Waals surface area contributed by atoms with Crippen LogP contribution in [-0.4, -0.2) is 18.3 Å². The maximum atomic E-state index is 11.8. The van der Waals surface area contributed by atoms with Gasteiger partial charge in [-0.2, -0.15) is 0 Å². The topological polar surface area (TPSA) is 55.4 Å². The molecule has 2 rings (SSSR count). The Balaban J connectivity index is 1.90. The van der Waals surface area contributed by atoms with Gasteiger partial charge in [-0.3, -0.25) is 9.59 Å². The summed E-state index contributed by atoms with van der Waals surface area (Å²) in [5.41, 5.74) is 2.23. The van der Waals surface area contributed by atoms with Crippen molar-refractivity contribution in [1.82, 2.24) is 0 Å². The Bertz CT molecular complexity index is 647. The van der Waals surface area contributed by atoms with Crippen molar-refractivity contribution >= 4 is 17.4 Å². The summed E-state index contributed by atoms with van der Waals surface area (Å²) in [7, 11) is 0. The fraction of sp³-hybridized carbons (Fsp3) is 0.176. The molecule has 0 spiro atoms. The second kappa shape index (κ2) is 6.70. The highest BCUT2D eigenvalue weighted by Gasteiger charge is 2.06. The van der Waals surface area contributed by atoms with Crippen molar-refractivity contribution in [3.05, 3.63) is 59.7 Å². The van der Waals surface area contributed by atoms with Gasteiger partial charge in [0.15, 0.2) is 12.4 Å². The molecule has 0 aliphatic carbocycles. The molecule has 4 heteroatoms. The second-order valence-corrected chi connectivity index (χ2v) is 4.74. The fourth-order valence-electron chi connectivity index (χ4n) is 1.85. The number of rotatable bonds is 5. The van der Waals surface area contributed by atoms with Crippen LogP contribution in [0.3, 0.4) is 0 Å². The van der Waals surface area contributed by atoms with Crippen molar-refractivity contribution in [3.63, 3.8) is 0 Å². The minimum absolute atomic E-state index is 0.00392. The van der Waals surface area contributed by atoms with Crippen molar-refractivity contribution in [2.45, 2.75) is 13.8 Å². The molecule has 2 aromatic rings. The van der Waals surface area contributed by atoms with Crippen molar-refractivity contribution in [3.8, 4) is 5.75 Å². The van der Waals surface area contributed by atoms with E-state index in [1.807, 2.05) is 31.2 Å². The van der Waals surface area contributed by atoms with E-state index in [1.54, 1.807) is 24.3 Å². The van der Waals surface area contributed by atoms with E-state index in [0.29, 0.717) is 17.0 Å². The van der Waals surface area contributed by atoms with Crippen LogP contribution in [0.4, 0.5) is 5.69 Å². The third-order valence-corrected chi connectivity index (χ3v) is 3.03. The largest absolute Gasteiger partial charge is 0.483 e. The molecule has 0 saturated carbocycles. The predicted molar refractivity (Wildman–Crippen MR) is 81.8 cm³/mol. The Hall–Kier alpha value is -2.62. The number of carbonyl (C=O) groups excluding carboxylic acids is 2. The lowest BCUT2D eigenvalue weighted by Crippen LogP contribution is -2.20. The Kier molecular flexibility index (Phi) is 4.72. The van der Waals surface area contributed by atoms with Crippen LogP contribution in [0, 0.1) is 6.92 Å². The third kappa shape index (κ3) is 4.18. The molecule has 0 heterocycles. The zero-order chi connectivity index (χ0) is 15.2. The molecule has 0 bridgehead atoms. The zero-order valence-electron chi connectivity index (χ0n) is 12.1. The quantitative estimate of drug-likeness (QED) is 0.857. The Morgan fingerprint density at radius 3 is 2.33 bits per heavy atom. The van der Waals surface area contributed by atoms with E-state index in [-0.39, 0.29) is 18.3 Å². The first-order chi connectivity index (χ1) is 10.1. The monoisotopic (exact) mass is 283 g/mol. The number of aryl methyl sites for hydroxylation is 1. The lowest BCUT2D eigenvalue weighted by molar-refractivity contribution is -0.118. The van der Waals surface area contributed by atoms with E-state index in [1.165, 1.54) is 6.92 Å². The Morgan fingerprint density at radius 1 is 1.05 bits per heavy atom. The highest BCUT2D eigenvalue weighted by atomic mass is 16.5. The van der Waals surface area contributed by atoms with Crippen molar-refractivity contribution < 1.29 is 14.3 Å². The van der Waals surface area contributed by atoms with Crippen LogP contribution in [0.25, 0.3) is 0 Å². The molecule has 0 saturated heterocycles. The molecule has 21 heavy (non-hydrogen) atoms. The van der Waals surface area contributed by atoms with Crippen molar-refractivity contribution in [1.29, 1.82) is 0 Å². The minimum atomic E-state index is -0.242. The van der Waals surface area contributed by atoms with Crippen LogP contribution in [0.1, 0.15) is 22.8 Å². The van der Waals surface area contributed by atoms with E-state index in [9.17, 15) is 9.59 Å². The smallest absolute Gasteiger partial charge is 0.262 e. The third-order valence-electron chi connectivity index (χ3n) is 3.03. The van der Waals surface area contributed by atoms with Crippen LogP contribution in [0.5, 0.6) is 5.75 Å². The Labute approximate surface area is 123 Å². The van der Waals surface area contributed by atoms with E-state index in [0.717, 1.165) is 5.56 Å². The molecule has 1 N–H and O–H groups in total. The number of amides is 1. The minimum Gasteiger partial charge on any atom is -0.483 e. The highest BCUT2D eigenvalue weighted by Crippen LogP contribution is 2.16. The molecule has 0 fully saturated rings. The molecule has 2 aromatic carbocycles. The van der Waals surface area contributed by atoms with E-state index < -0.39 is 0 Å². The first kappa shape index (κ1) is 14.8. The lowest BCUT2D eigenvalue weighted by atomic mass is 10.1. The number of ether oxygens (including phenoxy) is 1. The van der Waals surface area contributed by atoms with Gasteiger partial charge in [-0.15, -0.1) is 0 Å². The molecular weight excluding hydrogens is 266 g/mol. The summed E-state index contributed by atoms with van der Waals surface area (Å²) in [4.78, 5) is 23.0. The van der Waals surface area contributed by atoms with Gasteiger partial charge < -0.3 is 10.1 Å². The molecule has 0 aliphatic heterocycles. The van der Waals surface area contributed by atoms with Crippen LogP contribution in [0.15, 0.2) is 48.5 Å². The highest BCUT2D eigenvalue weighted by molar-refractivity contribution is 5.95. The van der Waals surface area contributed by atoms with Crippen molar-refractivity contribution in [2.24, 2.45) is 0 Å². The molecule has 1 amide bonds. The lowest BCUT2D eigenvalue weighted by Gasteiger charge is -2.09. The molecule has 0 atom stereocenters. The summed E-state index contributed by atoms with van der Waals surface area (Å²) in [6.07, 6.45) is 0. The molecule has 0 aromatic heterocycles. The van der Waals surface area contributed by atoms with Gasteiger partial charge in [-0.05, 0) is 49.7 Å². The summed E-state index contributed by atoms with van der Waals surface area (Å²) in [5, 5.41) is 2.72. The van der Waals surface area contributed by atoms with Gasteiger partial charge in [0.1, 0.15) is 5.75 Å². The fourth-order valence-corrected chi connectivity index (χ4v) is 1.85. The SMILES string of the molecule is CC(=O)c1ccc(NC(=O)COc2ccccc2C)cc1. The van der Waals surface area contributed by atoms with Crippen LogP contribution in [-0.2, 0) is 4.79 Å². The zero-order valence-corrected chi connectivity index (χ0v) is 12.1. The van der Waals surface area contributed by atoms with Crippen LogP contribution in [0.2, 0.25) is 0 Å². The average Bonchev–Trinajstić information content (AvgIpc) is 2.47. The normalized spacial score (nSPS) is 10.0. The number of ketones is 1. The summed E-state index contributed by atoms with van der Waals surface area (Å²) in [5.74, 6) is 0.448. The van der Waals surface area contributed by atoms with Crippen LogP contribution < -0.4 is 10.1 Å². The predicted octanol–water partition coefficient (Wildman–Crippen LogP) is 3.22. The van der Waals surface area contributed by atoms with Gasteiger partial charge in [-0.1, -0.05) is 18.2 Å². The molecule has 108 valence electrons. The Morgan fingerprint density at radius 2 is 1.71 bits per heavy atom. The molecule has 0 radical (unpaired) electrons. The number of carbonyl (C=O) groups is 2. The van der Waals surface area contributed by atoms with E-state index in [2.05, 4.69) is 5.32 Å². The van der Waals surface area contributed by atoms with Crippen molar-refractivity contribution in [2.75, 3.05) is 11.9 Å². The van der Waals surface area contributed by atoms with Gasteiger partial charge in [0.05, 0.1) is 0 Å². The van der Waals surface area contributed by atoms with Gasteiger partial charge in [0.2, 0.25) is 0 Å². The van der Waals surface area contributed by atoms with Crippen LogP contribution >= 0.6 is 0 Å². The molecule has 4 nitrogen and oxygen atoms in total. The van der Waals surface area contributed by atoms with Gasteiger partial charge in [0.25, 0.3) is 5.91 Å². The number of hydrogen-bond acceptors (Lipinski definition) is 3. The summed E-state index contributed by atoms with van der Waals surface area (Å²) >= 11 is 0. The molecule has 0 unspecified atom stereocenters. The second-order valence-electron chi connectivity index (χ2n) is 4.74. The first-order valence-corrected chi connectivity index (χ1v) is 6.65. The maximum Gasteiger partial charge on any atom is 0.262 e.